The highest BCUT2D eigenvalue weighted by Crippen LogP contribution is 2.19. The third kappa shape index (κ3) is 5.21. The molecule has 2 N–H and O–H groups in total. The van der Waals surface area contributed by atoms with E-state index in [1.54, 1.807) is 31.2 Å². The van der Waals surface area contributed by atoms with Gasteiger partial charge in [0.05, 0.1) is 6.61 Å². The zero-order chi connectivity index (χ0) is 16.8. The average molecular weight is 386 g/mol. The minimum absolute atomic E-state index is 0.218. The van der Waals surface area contributed by atoms with Crippen LogP contribution in [0.4, 0.5) is 0 Å². The number of nitrogens with one attached hydrogen (secondary N) is 1. The predicted molar refractivity (Wildman–Crippen MR) is 87.3 cm³/mol. The van der Waals surface area contributed by atoms with Gasteiger partial charge in [0.2, 0.25) is 0 Å². The van der Waals surface area contributed by atoms with Crippen molar-refractivity contribution in [2.75, 3.05) is 13.2 Å². The van der Waals surface area contributed by atoms with E-state index in [0.29, 0.717) is 19.0 Å². The first-order chi connectivity index (χ1) is 11.0. The summed E-state index contributed by atoms with van der Waals surface area (Å²) in [6.07, 6.45) is 0.733. The Hall–Kier alpha value is -1.60. The molecular formula is C16H20BrNO5. The average Bonchev–Trinajstić information content (AvgIpc) is 2.55. The minimum Gasteiger partial charge on any atom is -0.481 e. The van der Waals surface area contributed by atoms with Crippen LogP contribution in [0, 0.1) is 5.92 Å². The maximum atomic E-state index is 12.2. The lowest BCUT2D eigenvalue weighted by molar-refractivity contribution is -0.146. The second-order valence-electron chi connectivity index (χ2n) is 5.52. The van der Waals surface area contributed by atoms with Crippen molar-refractivity contribution in [2.45, 2.75) is 31.9 Å². The molecule has 7 heteroatoms. The number of aliphatic carboxylic acids is 1. The number of ether oxygens (including phenoxy) is 2. The van der Waals surface area contributed by atoms with Crippen molar-refractivity contribution in [3.8, 4) is 5.75 Å². The molecule has 1 heterocycles. The van der Waals surface area contributed by atoms with Gasteiger partial charge in [-0.15, -0.1) is 0 Å². The van der Waals surface area contributed by atoms with Crippen molar-refractivity contribution in [1.29, 1.82) is 0 Å². The SMILES string of the molecule is CC(Oc1ccc(Br)cc1)C(=O)NC(C(=O)O)C1CCCOC1. The number of carboxylic acid groups (broad SMARTS) is 1. The van der Waals surface area contributed by atoms with Crippen LogP contribution in [-0.2, 0) is 14.3 Å². The summed E-state index contributed by atoms with van der Waals surface area (Å²) in [6.45, 7) is 2.58. The van der Waals surface area contributed by atoms with Gasteiger partial charge in [-0.1, -0.05) is 15.9 Å². The van der Waals surface area contributed by atoms with E-state index in [1.807, 2.05) is 0 Å². The van der Waals surface area contributed by atoms with Crippen molar-refractivity contribution < 1.29 is 24.2 Å². The van der Waals surface area contributed by atoms with Crippen LogP contribution in [0.25, 0.3) is 0 Å². The number of benzene rings is 1. The van der Waals surface area contributed by atoms with Gasteiger partial charge in [0, 0.05) is 17.0 Å². The van der Waals surface area contributed by atoms with Crippen LogP contribution in [0.3, 0.4) is 0 Å². The zero-order valence-corrected chi connectivity index (χ0v) is 14.4. The van der Waals surface area contributed by atoms with Crippen LogP contribution < -0.4 is 10.1 Å². The van der Waals surface area contributed by atoms with E-state index in [0.717, 1.165) is 17.3 Å². The topological polar surface area (TPSA) is 84.9 Å². The second kappa shape index (κ2) is 8.31. The van der Waals surface area contributed by atoms with Gasteiger partial charge in [-0.25, -0.2) is 4.79 Å². The molecule has 3 unspecified atom stereocenters. The van der Waals surface area contributed by atoms with Crippen molar-refractivity contribution >= 4 is 27.8 Å². The second-order valence-corrected chi connectivity index (χ2v) is 6.43. The molecule has 1 aliphatic heterocycles. The molecule has 0 spiro atoms. The monoisotopic (exact) mass is 385 g/mol. The molecule has 1 aromatic carbocycles. The third-order valence-electron chi connectivity index (χ3n) is 3.73. The maximum absolute atomic E-state index is 12.2. The third-order valence-corrected chi connectivity index (χ3v) is 4.26. The first-order valence-electron chi connectivity index (χ1n) is 7.50. The minimum atomic E-state index is -1.05. The Morgan fingerprint density at radius 1 is 1.39 bits per heavy atom. The van der Waals surface area contributed by atoms with Crippen molar-refractivity contribution in [2.24, 2.45) is 5.92 Å². The van der Waals surface area contributed by atoms with E-state index in [9.17, 15) is 14.7 Å². The molecule has 1 amide bonds. The molecule has 1 fully saturated rings. The normalized spacial score (nSPS) is 20.3. The summed E-state index contributed by atoms with van der Waals surface area (Å²) in [5, 5.41) is 11.9. The molecule has 3 atom stereocenters. The number of carboxylic acids is 1. The smallest absolute Gasteiger partial charge is 0.326 e. The largest absolute Gasteiger partial charge is 0.481 e. The first-order valence-corrected chi connectivity index (χ1v) is 8.30. The van der Waals surface area contributed by atoms with Crippen molar-refractivity contribution in [1.82, 2.24) is 5.32 Å². The van der Waals surface area contributed by atoms with Gasteiger partial charge in [0.25, 0.3) is 5.91 Å². The highest BCUT2D eigenvalue weighted by Gasteiger charge is 2.32. The maximum Gasteiger partial charge on any atom is 0.326 e. The van der Waals surface area contributed by atoms with Crippen LogP contribution in [0.1, 0.15) is 19.8 Å². The number of hydrogen-bond donors (Lipinski definition) is 2. The standard InChI is InChI=1S/C16H20BrNO5/c1-10(23-13-6-4-12(17)5-7-13)15(19)18-14(16(20)21)11-3-2-8-22-9-11/h4-7,10-11,14H,2-3,8-9H2,1H3,(H,18,19)(H,20,21). The van der Waals surface area contributed by atoms with Gasteiger partial charge in [-0.05, 0) is 44.0 Å². The lowest BCUT2D eigenvalue weighted by Gasteiger charge is -2.28. The van der Waals surface area contributed by atoms with Gasteiger partial charge in [0.15, 0.2) is 6.10 Å². The Kier molecular flexibility index (Phi) is 6.41. The van der Waals surface area contributed by atoms with Crippen LogP contribution in [0.5, 0.6) is 5.75 Å². The van der Waals surface area contributed by atoms with E-state index in [-0.39, 0.29) is 5.92 Å². The Bertz CT molecular complexity index is 542. The summed E-state index contributed by atoms with van der Waals surface area (Å²) in [5.41, 5.74) is 0. The summed E-state index contributed by atoms with van der Waals surface area (Å²) >= 11 is 3.32. The Balaban J connectivity index is 1.94. The molecule has 126 valence electrons. The van der Waals surface area contributed by atoms with Crippen molar-refractivity contribution in [3.63, 3.8) is 0 Å². The Labute approximate surface area is 143 Å². The van der Waals surface area contributed by atoms with Gasteiger partial charge in [-0.3, -0.25) is 4.79 Å². The molecule has 0 aliphatic carbocycles. The summed E-state index contributed by atoms with van der Waals surface area (Å²) in [7, 11) is 0. The number of rotatable bonds is 6. The zero-order valence-electron chi connectivity index (χ0n) is 12.8. The van der Waals surface area contributed by atoms with E-state index in [2.05, 4.69) is 21.2 Å². The predicted octanol–water partition coefficient (Wildman–Crippen LogP) is 2.21. The lowest BCUT2D eigenvalue weighted by atomic mass is 9.93. The van der Waals surface area contributed by atoms with E-state index >= 15 is 0 Å². The van der Waals surface area contributed by atoms with Crippen LogP contribution in [-0.4, -0.2) is 42.3 Å². The van der Waals surface area contributed by atoms with E-state index < -0.39 is 24.0 Å². The van der Waals surface area contributed by atoms with Gasteiger partial charge >= 0.3 is 5.97 Å². The molecule has 0 saturated carbocycles. The molecule has 0 radical (unpaired) electrons. The number of halogens is 1. The van der Waals surface area contributed by atoms with Gasteiger partial charge in [-0.2, -0.15) is 0 Å². The van der Waals surface area contributed by atoms with Gasteiger partial charge in [0.1, 0.15) is 11.8 Å². The summed E-state index contributed by atoms with van der Waals surface area (Å²) in [6, 6.07) is 6.12. The molecular weight excluding hydrogens is 366 g/mol. The molecule has 6 nitrogen and oxygen atoms in total. The molecule has 1 aliphatic rings. The van der Waals surface area contributed by atoms with Crippen LogP contribution in [0.2, 0.25) is 0 Å². The number of carbonyl (C=O) groups excluding carboxylic acids is 1. The van der Waals surface area contributed by atoms with Crippen LogP contribution >= 0.6 is 15.9 Å². The lowest BCUT2D eigenvalue weighted by Crippen LogP contribution is -2.51. The van der Waals surface area contributed by atoms with E-state index in [4.69, 9.17) is 9.47 Å². The number of amides is 1. The highest BCUT2D eigenvalue weighted by molar-refractivity contribution is 9.10. The van der Waals surface area contributed by atoms with Gasteiger partial charge < -0.3 is 19.9 Å². The number of carbonyl (C=O) groups is 2. The highest BCUT2D eigenvalue weighted by atomic mass is 79.9. The van der Waals surface area contributed by atoms with Crippen molar-refractivity contribution in [3.05, 3.63) is 28.7 Å². The Morgan fingerprint density at radius 2 is 2.09 bits per heavy atom. The van der Waals surface area contributed by atoms with Crippen LogP contribution in [0.15, 0.2) is 28.7 Å². The fourth-order valence-corrected chi connectivity index (χ4v) is 2.72. The molecule has 2 rings (SSSR count). The van der Waals surface area contributed by atoms with E-state index in [1.165, 1.54) is 0 Å². The summed E-state index contributed by atoms with van der Waals surface area (Å²) < 4.78 is 11.8. The molecule has 23 heavy (non-hydrogen) atoms. The quantitative estimate of drug-likeness (QED) is 0.783. The fourth-order valence-electron chi connectivity index (χ4n) is 2.45. The molecule has 1 saturated heterocycles. The fraction of sp³-hybridized carbons (Fsp3) is 0.500. The Morgan fingerprint density at radius 3 is 2.65 bits per heavy atom. The molecule has 0 bridgehead atoms. The summed E-state index contributed by atoms with van der Waals surface area (Å²) in [4.78, 5) is 23.7. The molecule has 1 aromatic rings. The number of hydrogen-bond acceptors (Lipinski definition) is 4. The first kappa shape index (κ1) is 17.7. The summed E-state index contributed by atoms with van der Waals surface area (Å²) in [5.74, 6) is -1.18. The molecule has 0 aromatic heterocycles.